The van der Waals surface area contributed by atoms with Crippen LogP contribution in [0.3, 0.4) is 0 Å². The first-order valence-electron chi connectivity index (χ1n) is 8.17. The number of likely N-dealkylation sites (N-methyl/N-ethyl adjacent to an activating group) is 1. The van der Waals surface area contributed by atoms with Crippen LogP contribution < -0.4 is 10.6 Å². The lowest BCUT2D eigenvalue weighted by Gasteiger charge is -2.37. The van der Waals surface area contributed by atoms with Crippen molar-refractivity contribution in [3.63, 3.8) is 0 Å². The molecule has 0 unspecified atom stereocenters. The maximum absolute atomic E-state index is 12.5. The molecule has 0 bridgehead atoms. The lowest BCUT2D eigenvalue weighted by Crippen LogP contribution is -2.56. The molecular weight excluding hydrogens is 360 g/mol. The molecule has 2 saturated heterocycles. The van der Waals surface area contributed by atoms with Crippen LogP contribution in [0.2, 0.25) is 0 Å². The zero-order chi connectivity index (χ0) is 18.9. The topological polar surface area (TPSA) is 116 Å². The maximum atomic E-state index is 12.5. The van der Waals surface area contributed by atoms with Crippen molar-refractivity contribution < 1.29 is 22.8 Å². The molecule has 2 aliphatic rings. The summed E-state index contributed by atoms with van der Waals surface area (Å²) in [4.78, 5) is 37.4. The number of amides is 4. The summed E-state index contributed by atoms with van der Waals surface area (Å²) in [7, 11) is -2.39. The van der Waals surface area contributed by atoms with Crippen LogP contribution in [0.25, 0.3) is 0 Å². The van der Waals surface area contributed by atoms with E-state index in [0.717, 1.165) is 4.31 Å². The van der Waals surface area contributed by atoms with Gasteiger partial charge >= 0.3 is 6.03 Å². The molecule has 2 N–H and O–H groups in total. The Morgan fingerprint density at radius 1 is 1.19 bits per heavy atom. The molecule has 1 aromatic carbocycles. The van der Waals surface area contributed by atoms with Crippen LogP contribution in [0.5, 0.6) is 0 Å². The summed E-state index contributed by atoms with van der Waals surface area (Å²) in [6.07, 6.45) is 0.594. The molecule has 2 heterocycles. The number of imide groups is 1. The zero-order valence-corrected chi connectivity index (χ0v) is 15.1. The third-order valence-corrected chi connectivity index (χ3v) is 6.61. The zero-order valence-electron chi connectivity index (χ0n) is 14.3. The van der Waals surface area contributed by atoms with Gasteiger partial charge in [0.15, 0.2) is 0 Å². The fraction of sp³-hybridized carbons (Fsp3) is 0.438. The van der Waals surface area contributed by atoms with E-state index in [0.29, 0.717) is 12.8 Å². The van der Waals surface area contributed by atoms with Gasteiger partial charge in [-0.15, -0.1) is 0 Å². The fourth-order valence-corrected chi connectivity index (χ4v) is 4.31. The van der Waals surface area contributed by atoms with E-state index in [2.05, 4.69) is 10.6 Å². The summed E-state index contributed by atoms with van der Waals surface area (Å²) in [5.41, 5.74) is -0.962. The van der Waals surface area contributed by atoms with E-state index in [4.69, 9.17) is 0 Å². The van der Waals surface area contributed by atoms with E-state index < -0.39 is 21.6 Å². The number of urea groups is 1. The summed E-state index contributed by atoms with van der Waals surface area (Å²) < 4.78 is 26.0. The first-order chi connectivity index (χ1) is 12.2. The van der Waals surface area contributed by atoms with Crippen molar-refractivity contribution in [2.45, 2.75) is 23.3 Å². The molecule has 0 atom stereocenters. The maximum Gasteiger partial charge on any atom is 0.322 e. The molecule has 4 amide bonds. The van der Waals surface area contributed by atoms with Crippen LogP contribution in [0, 0.1) is 0 Å². The molecule has 2 aliphatic heterocycles. The van der Waals surface area contributed by atoms with Crippen LogP contribution in [0.15, 0.2) is 35.2 Å². The molecule has 9 nitrogen and oxygen atoms in total. The first-order valence-corrected chi connectivity index (χ1v) is 9.61. The second-order valence-electron chi connectivity index (χ2n) is 6.45. The Labute approximate surface area is 151 Å². The largest absolute Gasteiger partial charge is 0.341 e. The molecule has 0 aliphatic carbocycles. The SMILES string of the molecule is CN(CC(=O)N1CCC2(CC1)NC(=O)NC2=O)S(=O)(=O)c1ccccc1. The Hall–Kier alpha value is -2.46. The highest BCUT2D eigenvalue weighted by Crippen LogP contribution is 2.25. The molecule has 0 radical (unpaired) electrons. The van der Waals surface area contributed by atoms with E-state index >= 15 is 0 Å². The van der Waals surface area contributed by atoms with Gasteiger partial charge in [0.25, 0.3) is 5.91 Å². The van der Waals surface area contributed by atoms with Crippen LogP contribution in [-0.4, -0.2) is 67.7 Å². The predicted octanol–water partition coefficient (Wildman–Crippen LogP) is -0.492. The minimum atomic E-state index is -3.75. The predicted molar refractivity (Wildman–Crippen MR) is 91.5 cm³/mol. The van der Waals surface area contributed by atoms with Gasteiger partial charge in [-0.1, -0.05) is 18.2 Å². The minimum Gasteiger partial charge on any atom is -0.341 e. The van der Waals surface area contributed by atoms with Gasteiger partial charge in [-0.2, -0.15) is 4.31 Å². The van der Waals surface area contributed by atoms with Crippen molar-refractivity contribution >= 4 is 27.9 Å². The number of benzene rings is 1. The first kappa shape index (κ1) is 18.3. The molecule has 26 heavy (non-hydrogen) atoms. The third kappa shape index (κ3) is 3.29. The van der Waals surface area contributed by atoms with Gasteiger partial charge < -0.3 is 10.2 Å². The van der Waals surface area contributed by atoms with Gasteiger partial charge in [-0.05, 0) is 25.0 Å². The number of piperidine rings is 1. The molecule has 140 valence electrons. The second kappa shape index (κ2) is 6.69. The van der Waals surface area contributed by atoms with Crippen molar-refractivity contribution in [1.82, 2.24) is 19.8 Å². The Kier molecular flexibility index (Phi) is 4.72. The van der Waals surface area contributed by atoms with Gasteiger partial charge in [0.2, 0.25) is 15.9 Å². The molecule has 1 aromatic rings. The Bertz CT molecular complexity index is 831. The van der Waals surface area contributed by atoms with Crippen molar-refractivity contribution in [3.05, 3.63) is 30.3 Å². The van der Waals surface area contributed by atoms with E-state index in [9.17, 15) is 22.8 Å². The number of nitrogens with zero attached hydrogens (tertiary/aromatic N) is 2. The molecule has 10 heteroatoms. The number of sulfonamides is 1. The molecule has 0 saturated carbocycles. The number of carbonyl (C=O) groups is 3. The average molecular weight is 380 g/mol. The Balaban J connectivity index is 1.61. The quantitative estimate of drug-likeness (QED) is 0.684. The van der Waals surface area contributed by atoms with Crippen molar-refractivity contribution in [1.29, 1.82) is 0 Å². The van der Waals surface area contributed by atoms with Crippen molar-refractivity contribution in [2.24, 2.45) is 0 Å². The van der Waals surface area contributed by atoms with E-state index in [-0.39, 0.29) is 36.3 Å². The Morgan fingerprint density at radius 2 is 1.81 bits per heavy atom. The van der Waals surface area contributed by atoms with Gasteiger partial charge in [-0.3, -0.25) is 14.9 Å². The van der Waals surface area contributed by atoms with E-state index in [1.54, 1.807) is 18.2 Å². The normalized spacial score (nSPS) is 19.5. The van der Waals surface area contributed by atoms with Crippen LogP contribution >= 0.6 is 0 Å². The van der Waals surface area contributed by atoms with Crippen molar-refractivity contribution in [2.75, 3.05) is 26.7 Å². The number of likely N-dealkylation sites (tertiary alicyclic amines) is 1. The monoisotopic (exact) mass is 380 g/mol. The van der Waals surface area contributed by atoms with Gasteiger partial charge in [0.05, 0.1) is 11.4 Å². The minimum absolute atomic E-state index is 0.123. The van der Waals surface area contributed by atoms with Crippen LogP contribution in [-0.2, 0) is 19.6 Å². The summed E-state index contributed by atoms with van der Waals surface area (Å²) >= 11 is 0. The smallest absolute Gasteiger partial charge is 0.322 e. The number of carbonyl (C=O) groups excluding carboxylic acids is 3. The number of rotatable bonds is 4. The van der Waals surface area contributed by atoms with Gasteiger partial charge in [0.1, 0.15) is 5.54 Å². The standard InChI is InChI=1S/C16H20N4O5S/c1-19(26(24,25)12-5-3-2-4-6-12)11-13(21)20-9-7-16(8-10-20)14(22)17-15(23)18-16/h2-6H,7-11H2,1H3,(H2,17,18,22,23). The summed E-state index contributed by atoms with van der Waals surface area (Å²) in [5, 5.41) is 4.83. The summed E-state index contributed by atoms with van der Waals surface area (Å²) in [6, 6.07) is 7.38. The fourth-order valence-electron chi connectivity index (χ4n) is 3.17. The Morgan fingerprint density at radius 3 is 2.35 bits per heavy atom. The molecule has 2 fully saturated rings. The number of hydrogen-bond acceptors (Lipinski definition) is 5. The van der Waals surface area contributed by atoms with E-state index in [1.807, 2.05) is 0 Å². The lowest BCUT2D eigenvalue weighted by atomic mass is 9.88. The lowest BCUT2D eigenvalue weighted by molar-refractivity contribution is -0.135. The highest BCUT2D eigenvalue weighted by atomic mass is 32.2. The molecule has 1 spiro atoms. The molecule has 0 aromatic heterocycles. The number of hydrogen-bond donors (Lipinski definition) is 2. The average Bonchev–Trinajstić information content (AvgIpc) is 2.89. The van der Waals surface area contributed by atoms with Crippen molar-refractivity contribution in [3.8, 4) is 0 Å². The second-order valence-corrected chi connectivity index (χ2v) is 8.49. The highest BCUT2D eigenvalue weighted by molar-refractivity contribution is 7.89. The number of nitrogens with one attached hydrogen (secondary N) is 2. The molecular formula is C16H20N4O5S. The summed E-state index contributed by atoms with van der Waals surface area (Å²) in [6.45, 7) is 0.250. The third-order valence-electron chi connectivity index (χ3n) is 4.79. The van der Waals surface area contributed by atoms with Crippen LogP contribution in [0.1, 0.15) is 12.8 Å². The van der Waals surface area contributed by atoms with Gasteiger partial charge in [0, 0.05) is 20.1 Å². The van der Waals surface area contributed by atoms with Crippen LogP contribution in [0.4, 0.5) is 4.79 Å². The summed E-state index contributed by atoms with van der Waals surface area (Å²) in [5.74, 6) is -0.718. The molecule has 3 rings (SSSR count). The van der Waals surface area contributed by atoms with Gasteiger partial charge in [-0.25, -0.2) is 13.2 Å². The highest BCUT2D eigenvalue weighted by Gasteiger charge is 2.48. The van der Waals surface area contributed by atoms with E-state index in [1.165, 1.54) is 24.1 Å².